The van der Waals surface area contributed by atoms with E-state index in [-0.39, 0.29) is 0 Å². The number of fused-ring (bicyclic) bond motifs is 1. The molecule has 0 unspecified atom stereocenters. The van der Waals surface area contributed by atoms with Gasteiger partial charge in [0.1, 0.15) is 22.0 Å². The summed E-state index contributed by atoms with van der Waals surface area (Å²) in [6, 6.07) is 9.55. The standard InChI is InChI=1S/C19H20F3NO5S/c1-27-14-8-9-15-13(11-14)5-4-10-18(15,24)12-23-29(25,26)17-7-3-2-6-16(17)28-19(20,21)22/h2-3,6-9,11,23-24H,4-5,10,12H2,1H3/t18-/m1/s1. The van der Waals surface area contributed by atoms with Crippen molar-refractivity contribution in [1.29, 1.82) is 0 Å². The SMILES string of the molecule is COc1ccc2c(c1)CCC[C@@]2(O)CNS(=O)(=O)c1ccccc1OC(F)(F)F. The number of hydrogen-bond donors (Lipinski definition) is 2. The van der Waals surface area contributed by atoms with E-state index in [9.17, 15) is 26.7 Å². The number of para-hydroxylation sites is 1. The van der Waals surface area contributed by atoms with E-state index in [1.54, 1.807) is 18.2 Å². The van der Waals surface area contributed by atoms with Crippen molar-refractivity contribution in [3.05, 3.63) is 53.6 Å². The minimum Gasteiger partial charge on any atom is -0.497 e. The molecule has 0 aliphatic heterocycles. The second kappa shape index (κ2) is 7.85. The summed E-state index contributed by atoms with van der Waals surface area (Å²) >= 11 is 0. The highest BCUT2D eigenvalue weighted by Gasteiger charge is 2.37. The van der Waals surface area contributed by atoms with Crippen molar-refractivity contribution in [2.75, 3.05) is 13.7 Å². The second-order valence-corrected chi connectivity index (χ2v) is 8.46. The number of sulfonamides is 1. The fourth-order valence-corrected chi connectivity index (χ4v) is 4.64. The molecular weight excluding hydrogens is 411 g/mol. The van der Waals surface area contributed by atoms with E-state index < -0.39 is 39.2 Å². The largest absolute Gasteiger partial charge is 0.573 e. The lowest BCUT2D eigenvalue weighted by Gasteiger charge is -2.34. The first-order valence-electron chi connectivity index (χ1n) is 8.78. The molecule has 2 aromatic rings. The third-order valence-corrected chi connectivity index (χ3v) is 6.21. The molecule has 3 rings (SSSR count). The molecule has 1 atom stereocenters. The number of alkyl halides is 3. The minimum absolute atomic E-state index is 0.301. The topological polar surface area (TPSA) is 84.9 Å². The first-order valence-corrected chi connectivity index (χ1v) is 10.3. The van der Waals surface area contributed by atoms with E-state index in [0.717, 1.165) is 17.7 Å². The maximum atomic E-state index is 12.6. The number of hydrogen-bond acceptors (Lipinski definition) is 5. The van der Waals surface area contributed by atoms with Crippen molar-refractivity contribution in [2.24, 2.45) is 0 Å². The van der Waals surface area contributed by atoms with E-state index in [2.05, 4.69) is 9.46 Å². The van der Waals surface area contributed by atoms with Crippen LogP contribution < -0.4 is 14.2 Å². The van der Waals surface area contributed by atoms with Crippen molar-refractivity contribution in [3.63, 3.8) is 0 Å². The molecule has 2 N–H and O–H groups in total. The van der Waals surface area contributed by atoms with Crippen LogP contribution in [0.15, 0.2) is 47.4 Å². The Morgan fingerprint density at radius 2 is 1.93 bits per heavy atom. The Balaban J connectivity index is 1.85. The summed E-state index contributed by atoms with van der Waals surface area (Å²) in [6.07, 6.45) is -3.42. The van der Waals surface area contributed by atoms with Crippen LogP contribution in [0.2, 0.25) is 0 Å². The quantitative estimate of drug-likeness (QED) is 0.734. The van der Waals surface area contributed by atoms with Crippen LogP contribution in [0.1, 0.15) is 24.0 Å². The van der Waals surface area contributed by atoms with Gasteiger partial charge in [0.05, 0.1) is 7.11 Å². The van der Waals surface area contributed by atoms with Gasteiger partial charge in [0.25, 0.3) is 0 Å². The molecule has 6 nitrogen and oxygen atoms in total. The fraction of sp³-hybridized carbons (Fsp3) is 0.368. The van der Waals surface area contributed by atoms with Crippen LogP contribution in [-0.4, -0.2) is 33.5 Å². The maximum absolute atomic E-state index is 12.6. The van der Waals surface area contributed by atoms with Crippen molar-refractivity contribution in [2.45, 2.75) is 36.1 Å². The third-order valence-electron chi connectivity index (χ3n) is 4.77. The van der Waals surface area contributed by atoms with Crippen LogP contribution in [-0.2, 0) is 22.0 Å². The molecule has 0 saturated carbocycles. The number of ether oxygens (including phenoxy) is 2. The molecule has 0 aromatic heterocycles. The van der Waals surface area contributed by atoms with Crippen molar-refractivity contribution >= 4 is 10.0 Å². The third kappa shape index (κ3) is 4.82. The Morgan fingerprint density at radius 1 is 1.21 bits per heavy atom. The fourth-order valence-electron chi connectivity index (χ4n) is 3.42. The molecule has 2 aromatic carbocycles. The predicted octanol–water partition coefficient (Wildman–Crippen LogP) is 3.10. The number of methoxy groups -OCH3 is 1. The zero-order chi connectivity index (χ0) is 21.3. The van der Waals surface area contributed by atoms with Gasteiger partial charge < -0.3 is 14.6 Å². The molecule has 0 amide bonds. The molecule has 0 saturated heterocycles. The van der Waals surface area contributed by atoms with E-state index in [0.29, 0.717) is 30.6 Å². The second-order valence-electron chi connectivity index (χ2n) is 6.73. The molecule has 158 valence electrons. The molecule has 1 aliphatic rings. The lowest BCUT2D eigenvalue weighted by Crippen LogP contribution is -2.43. The zero-order valence-electron chi connectivity index (χ0n) is 15.5. The van der Waals surface area contributed by atoms with Crippen LogP contribution >= 0.6 is 0 Å². The van der Waals surface area contributed by atoms with Gasteiger partial charge in [-0.25, -0.2) is 13.1 Å². The van der Waals surface area contributed by atoms with Crippen LogP contribution in [0.25, 0.3) is 0 Å². The Bertz CT molecular complexity index is 994. The molecule has 10 heteroatoms. The Hall–Kier alpha value is -2.30. The van der Waals surface area contributed by atoms with E-state index >= 15 is 0 Å². The Morgan fingerprint density at radius 3 is 2.62 bits per heavy atom. The number of halogens is 3. The number of benzene rings is 2. The lowest BCUT2D eigenvalue weighted by molar-refractivity contribution is -0.275. The first kappa shape index (κ1) is 21.4. The van der Waals surface area contributed by atoms with Gasteiger partial charge in [-0.15, -0.1) is 13.2 Å². The maximum Gasteiger partial charge on any atom is 0.573 e. The van der Waals surface area contributed by atoms with Gasteiger partial charge in [-0.1, -0.05) is 18.2 Å². The predicted molar refractivity (Wildman–Crippen MR) is 98.1 cm³/mol. The highest BCUT2D eigenvalue weighted by Crippen LogP contribution is 2.37. The minimum atomic E-state index is -5.04. The van der Waals surface area contributed by atoms with Crippen molar-refractivity contribution in [1.82, 2.24) is 4.72 Å². The van der Waals surface area contributed by atoms with Gasteiger partial charge in [-0.05, 0) is 54.7 Å². The van der Waals surface area contributed by atoms with E-state index in [1.807, 2.05) is 0 Å². The molecule has 0 fully saturated rings. The van der Waals surface area contributed by atoms with Crippen LogP contribution in [0.5, 0.6) is 11.5 Å². The van der Waals surface area contributed by atoms with E-state index in [4.69, 9.17) is 4.74 Å². The lowest BCUT2D eigenvalue weighted by atomic mass is 9.79. The first-order chi connectivity index (χ1) is 13.5. The van der Waals surface area contributed by atoms with Gasteiger partial charge >= 0.3 is 6.36 Å². The molecule has 29 heavy (non-hydrogen) atoms. The van der Waals surface area contributed by atoms with Gasteiger partial charge in [-0.3, -0.25) is 0 Å². The molecule has 0 heterocycles. The summed E-state index contributed by atoms with van der Waals surface area (Å²) in [5.74, 6) is -0.222. The van der Waals surface area contributed by atoms with Gasteiger partial charge in [-0.2, -0.15) is 0 Å². The summed E-state index contributed by atoms with van der Waals surface area (Å²) in [5.41, 5.74) is -0.0996. The zero-order valence-corrected chi connectivity index (χ0v) is 16.3. The highest BCUT2D eigenvalue weighted by molar-refractivity contribution is 7.89. The van der Waals surface area contributed by atoms with Crippen LogP contribution in [0.3, 0.4) is 0 Å². The summed E-state index contributed by atoms with van der Waals surface area (Å²) < 4.78 is 74.3. The summed E-state index contributed by atoms with van der Waals surface area (Å²) in [5, 5.41) is 11.1. The average Bonchev–Trinajstić information content (AvgIpc) is 2.65. The van der Waals surface area contributed by atoms with Gasteiger partial charge in [0.2, 0.25) is 10.0 Å². The molecular formula is C19H20F3NO5S. The molecule has 0 bridgehead atoms. The summed E-state index contributed by atoms with van der Waals surface area (Å²) in [4.78, 5) is -0.660. The van der Waals surface area contributed by atoms with Crippen LogP contribution in [0.4, 0.5) is 13.2 Å². The van der Waals surface area contributed by atoms with Gasteiger partial charge in [0.15, 0.2) is 0 Å². The van der Waals surface area contributed by atoms with Crippen LogP contribution in [0, 0.1) is 0 Å². The number of aliphatic hydroxyl groups is 1. The van der Waals surface area contributed by atoms with Crippen molar-refractivity contribution in [3.8, 4) is 11.5 Å². The Kier molecular flexibility index (Phi) is 5.79. The smallest absolute Gasteiger partial charge is 0.497 e. The normalized spacial score (nSPS) is 19.5. The monoisotopic (exact) mass is 431 g/mol. The molecule has 1 aliphatic carbocycles. The molecule has 0 radical (unpaired) electrons. The number of aryl methyl sites for hydroxylation is 1. The van der Waals surface area contributed by atoms with Gasteiger partial charge in [0, 0.05) is 6.54 Å². The summed E-state index contributed by atoms with van der Waals surface area (Å²) in [6.45, 7) is -0.394. The highest BCUT2D eigenvalue weighted by atomic mass is 32.2. The van der Waals surface area contributed by atoms with E-state index in [1.165, 1.54) is 19.2 Å². The number of rotatable bonds is 6. The summed E-state index contributed by atoms with van der Waals surface area (Å²) in [7, 11) is -2.86. The van der Waals surface area contributed by atoms with Crippen molar-refractivity contribution < 1.29 is 36.2 Å². The molecule has 0 spiro atoms. The number of nitrogens with one attached hydrogen (secondary N) is 1. The Labute approximate surface area is 166 Å². The average molecular weight is 431 g/mol.